The number of fused-ring (bicyclic) bond motifs is 1. The predicted molar refractivity (Wildman–Crippen MR) is 114 cm³/mol. The van der Waals surface area contributed by atoms with E-state index in [1.54, 1.807) is 17.0 Å². The van der Waals surface area contributed by atoms with E-state index in [2.05, 4.69) is 4.90 Å². The van der Waals surface area contributed by atoms with Crippen molar-refractivity contribution < 1.29 is 19.1 Å². The van der Waals surface area contributed by atoms with E-state index < -0.39 is 5.91 Å². The van der Waals surface area contributed by atoms with Crippen LogP contribution in [-0.2, 0) is 11.8 Å². The third kappa shape index (κ3) is 4.10. The number of nitrogens with two attached hydrogens (primary N) is 1. The number of nitrogens with zero attached hydrogens (tertiary/aromatic N) is 4. The van der Waals surface area contributed by atoms with Crippen molar-refractivity contribution in [3.05, 3.63) is 35.3 Å². The van der Waals surface area contributed by atoms with Gasteiger partial charge in [0.2, 0.25) is 0 Å². The molecule has 0 saturated heterocycles. The van der Waals surface area contributed by atoms with Gasteiger partial charge in [-0.2, -0.15) is 0 Å². The minimum atomic E-state index is -0.558. The normalized spacial score (nSPS) is 13.7. The Bertz CT molecular complexity index is 982. The van der Waals surface area contributed by atoms with Gasteiger partial charge in [-0.15, -0.1) is 0 Å². The molecule has 2 amide bonds. The Morgan fingerprint density at radius 2 is 1.93 bits per heavy atom. The second-order valence-electron chi connectivity index (χ2n) is 6.86. The molecule has 1 aromatic carbocycles. The molecular weight excluding hydrogens is 386 g/mol. The summed E-state index contributed by atoms with van der Waals surface area (Å²) in [6.07, 6.45) is 3.74. The predicted octanol–water partition coefficient (Wildman–Crippen LogP) is 1.72. The molecule has 2 aromatic rings. The van der Waals surface area contributed by atoms with Crippen molar-refractivity contribution in [2.24, 2.45) is 12.8 Å². The molecule has 1 aliphatic heterocycles. The zero-order valence-electron chi connectivity index (χ0n) is 17.7. The van der Waals surface area contributed by atoms with Crippen molar-refractivity contribution in [1.82, 2.24) is 14.5 Å². The molecule has 0 radical (unpaired) electrons. The lowest BCUT2D eigenvalue weighted by Gasteiger charge is -2.34. The first kappa shape index (κ1) is 21.2. The van der Waals surface area contributed by atoms with E-state index in [1.165, 1.54) is 7.11 Å². The number of imidazole rings is 1. The van der Waals surface area contributed by atoms with Gasteiger partial charge in [0.05, 0.1) is 13.8 Å². The average molecular weight is 413 g/mol. The van der Waals surface area contributed by atoms with Gasteiger partial charge in [-0.1, -0.05) is 12.1 Å². The van der Waals surface area contributed by atoms with Crippen LogP contribution in [0, 0.1) is 0 Å². The largest absolute Gasteiger partial charge is 0.493 e. The summed E-state index contributed by atoms with van der Waals surface area (Å²) in [5, 5.41) is 0. The third-order valence-corrected chi connectivity index (χ3v) is 4.99. The summed E-state index contributed by atoms with van der Waals surface area (Å²) in [5.74, 6) is 1.75. The molecule has 2 N–H and O–H groups in total. The van der Waals surface area contributed by atoms with Gasteiger partial charge in [0.15, 0.2) is 29.6 Å². The van der Waals surface area contributed by atoms with Gasteiger partial charge in [-0.3, -0.25) is 9.59 Å². The summed E-state index contributed by atoms with van der Waals surface area (Å²) < 4.78 is 12.5. The molecule has 3 rings (SSSR count). The van der Waals surface area contributed by atoms with Crippen molar-refractivity contribution in [3.63, 3.8) is 0 Å². The van der Waals surface area contributed by atoms with Crippen LogP contribution in [0.4, 0.5) is 5.82 Å². The number of aromatic nitrogens is 2. The van der Waals surface area contributed by atoms with Crippen molar-refractivity contribution >= 4 is 29.8 Å². The first-order chi connectivity index (χ1) is 14.4. The molecule has 1 aromatic heterocycles. The van der Waals surface area contributed by atoms with E-state index in [-0.39, 0.29) is 12.5 Å². The van der Waals surface area contributed by atoms with Crippen LogP contribution >= 0.6 is 0 Å². The summed E-state index contributed by atoms with van der Waals surface area (Å²) in [7, 11) is 3.37. The molecule has 0 bridgehead atoms. The number of amides is 2. The maximum absolute atomic E-state index is 12.8. The van der Waals surface area contributed by atoms with Gasteiger partial charge in [-0.25, -0.2) is 4.98 Å². The van der Waals surface area contributed by atoms with E-state index in [0.717, 1.165) is 12.1 Å². The molecule has 0 atom stereocenters. The Hall–Kier alpha value is -3.49. The van der Waals surface area contributed by atoms with Crippen LogP contribution in [0.15, 0.2) is 18.2 Å². The Labute approximate surface area is 175 Å². The number of carbonyl (C=O) groups excluding carboxylic acids is 2. The first-order valence-corrected chi connectivity index (χ1v) is 9.77. The van der Waals surface area contributed by atoms with Gasteiger partial charge in [-0.05, 0) is 37.6 Å². The van der Waals surface area contributed by atoms with E-state index >= 15 is 0 Å². The molecular formula is C21H27N5O4. The lowest BCUT2D eigenvalue weighted by Crippen LogP contribution is -2.47. The van der Waals surface area contributed by atoms with Crippen LogP contribution in [0.25, 0.3) is 12.2 Å². The Morgan fingerprint density at radius 3 is 2.57 bits per heavy atom. The molecule has 1 aliphatic rings. The quantitative estimate of drug-likeness (QED) is 0.707. The van der Waals surface area contributed by atoms with Gasteiger partial charge >= 0.3 is 0 Å². The monoisotopic (exact) mass is 413 g/mol. The molecule has 9 heteroatoms. The molecule has 9 nitrogen and oxygen atoms in total. The number of methoxy groups -OCH3 is 1. The van der Waals surface area contributed by atoms with Gasteiger partial charge in [0.25, 0.3) is 11.8 Å². The number of anilines is 1. The minimum Gasteiger partial charge on any atom is -0.493 e. The fourth-order valence-corrected chi connectivity index (χ4v) is 3.32. The van der Waals surface area contributed by atoms with E-state index in [0.29, 0.717) is 42.0 Å². The van der Waals surface area contributed by atoms with Crippen LogP contribution in [-0.4, -0.2) is 59.7 Å². The van der Waals surface area contributed by atoms with Crippen molar-refractivity contribution in [1.29, 1.82) is 0 Å². The van der Waals surface area contributed by atoms with Crippen molar-refractivity contribution in [2.45, 2.75) is 13.8 Å². The Balaban J connectivity index is 1.88. The highest BCUT2D eigenvalue weighted by atomic mass is 16.5. The summed E-state index contributed by atoms with van der Waals surface area (Å²) >= 11 is 0. The van der Waals surface area contributed by atoms with Crippen molar-refractivity contribution in [2.75, 3.05) is 38.4 Å². The van der Waals surface area contributed by atoms with Gasteiger partial charge < -0.3 is 29.6 Å². The SMILES string of the molecule is CCN1CN(CC)c2nc(C=Cc3ccc(OCC(N)=O)c(OC)c3)n(C)c2C1=O. The number of carbonyl (C=O) groups is 2. The molecule has 160 valence electrons. The van der Waals surface area contributed by atoms with Crippen LogP contribution in [0.2, 0.25) is 0 Å². The number of primary amides is 1. The highest BCUT2D eigenvalue weighted by Crippen LogP contribution is 2.30. The van der Waals surface area contributed by atoms with Crippen molar-refractivity contribution in [3.8, 4) is 11.5 Å². The third-order valence-electron chi connectivity index (χ3n) is 4.99. The Morgan fingerprint density at radius 1 is 1.20 bits per heavy atom. The van der Waals surface area contributed by atoms with Gasteiger partial charge in [0.1, 0.15) is 5.82 Å². The lowest BCUT2D eigenvalue weighted by atomic mass is 10.2. The lowest BCUT2D eigenvalue weighted by molar-refractivity contribution is -0.119. The number of hydrogen-bond acceptors (Lipinski definition) is 6. The summed E-state index contributed by atoms with van der Waals surface area (Å²) in [5.41, 5.74) is 6.57. The fourth-order valence-electron chi connectivity index (χ4n) is 3.32. The number of hydrogen-bond donors (Lipinski definition) is 1. The number of ether oxygens (including phenoxy) is 2. The van der Waals surface area contributed by atoms with Crippen LogP contribution < -0.4 is 20.1 Å². The Kier molecular flexibility index (Phi) is 6.29. The first-order valence-electron chi connectivity index (χ1n) is 9.77. The second kappa shape index (κ2) is 8.89. The number of rotatable bonds is 8. The molecule has 0 unspecified atom stereocenters. The molecule has 30 heavy (non-hydrogen) atoms. The molecule has 0 spiro atoms. The van der Waals surface area contributed by atoms with Crippen LogP contribution in [0.1, 0.15) is 35.7 Å². The smallest absolute Gasteiger partial charge is 0.275 e. The van der Waals surface area contributed by atoms with Crippen LogP contribution in [0.3, 0.4) is 0 Å². The highest BCUT2D eigenvalue weighted by Gasteiger charge is 2.32. The highest BCUT2D eigenvalue weighted by molar-refractivity contribution is 5.99. The molecule has 0 fully saturated rings. The van der Waals surface area contributed by atoms with E-state index in [4.69, 9.17) is 20.2 Å². The summed E-state index contributed by atoms with van der Waals surface area (Å²) in [4.78, 5) is 32.3. The van der Waals surface area contributed by atoms with Gasteiger partial charge in [0, 0.05) is 20.1 Å². The fraction of sp³-hybridized carbons (Fsp3) is 0.381. The average Bonchev–Trinajstić information content (AvgIpc) is 3.08. The topological polar surface area (TPSA) is 103 Å². The molecule has 2 heterocycles. The summed E-state index contributed by atoms with van der Waals surface area (Å²) in [6, 6.07) is 5.34. The standard InChI is InChI=1S/C21H27N5O4/c1-5-25-13-26(6-2)21(28)19-20(25)23-18(24(19)3)10-8-14-7-9-15(16(11-14)29-4)30-12-17(22)27/h7-11H,5-6,12-13H2,1-4H3,(H2,22,27). The molecule has 0 aliphatic carbocycles. The zero-order chi connectivity index (χ0) is 21.8. The minimum absolute atomic E-state index is 0.00975. The zero-order valence-corrected chi connectivity index (χ0v) is 17.7. The van der Waals surface area contributed by atoms with Crippen LogP contribution in [0.5, 0.6) is 11.5 Å². The maximum Gasteiger partial charge on any atom is 0.275 e. The second-order valence-corrected chi connectivity index (χ2v) is 6.86. The van der Waals surface area contributed by atoms with E-state index in [1.807, 2.05) is 43.7 Å². The summed E-state index contributed by atoms with van der Waals surface area (Å²) in [6.45, 7) is 5.75. The molecule has 0 saturated carbocycles. The number of benzene rings is 1. The maximum atomic E-state index is 12.8. The van der Waals surface area contributed by atoms with E-state index in [9.17, 15) is 9.59 Å².